The monoisotopic (exact) mass is 456 g/mol. The molecule has 0 aliphatic heterocycles. The van der Waals surface area contributed by atoms with E-state index in [-0.39, 0.29) is 22.7 Å². The van der Waals surface area contributed by atoms with E-state index in [1.54, 1.807) is 22.8 Å². The molecule has 1 atom stereocenters. The van der Waals surface area contributed by atoms with E-state index in [4.69, 9.17) is 9.72 Å². The number of rotatable bonds is 5. The number of fused-ring (bicyclic) bond motifs is 3. The van der Waals surface area contributed by atoms with Gasteiger partial charge in [-0.1, -0.05) is 50.7 Å². The van der Waals surface area contributed by atoms with Crippen molar-refractivity contribution in [1.29, 1.82) is 0 Å². The number of hydrogen-bond donors (Lipinski definition) is 0. The van der Waals surface area contributed by atoms with Crippen LogP contribution in [0.1, 0.15) is 44.6 Å². The summed E-state index contributed by atoms with van der Waals surface area (Å²) in [7, 11) is 0. The zero-order valence-electron chi connectivity index (χ0n) is 18.4. The molecule has 1 aliphatic carbocycles. The first-order valence-electron chi connectivity index (χ1n) is 10.7. The molecule has 0 saturated carbocycles. The molecule has 31 heavy (non-hydrogen) atoms. The fraction of sp³-hybridized carbons (Fsp3) is 0.458. The van der Waals surface area contributed by atoms with Crippen molar-refractivity contribution >= 4 is 39.3 Å². The molecule has 0 amide bonds. The van der Waals surface area contributed by atoms with E-state index in [1.165, 1.54) is 22.2 Å². The van der Waals surface area contributed by atoms with Crippen molar-refractivity contribution in [2.75, 3.05) is 12.4 Å². The van der Waals surface area contributed by atoms with Crippen LogP contribution in [-0.4, -0.2) is 27.9 Å². The Morgan fingerprint density at radius 3 is 2.71 bits per heavy atom. The van der Waals surface area contributed by atoms with Crippen molar-refractivity contribution in [3.8, 4) is 5.69 Å². The molecule has 0 spiro atoms. The van der Waals surface area contributed by atoms with E-state index in [0.29, 0.717) is 17.7 Å². The number of thioether (sulfide) groups is 1. The Labute approximate surface area is 190 Å². The van der Waals surface area contributed by atoms with Crippen LogP contribution in [0.2, 0.25) is 0 Å². The van der Waals surface area contributed by atoms with Gasteiger partial charge in [0.2, 0.25) is 0 Å². The van der Waals surface area contributed by atoms with E-state index in [2.05, 4.69) is 20.8 Å². The lowest BCUT2D eigenvalue weighted by Crippen LogP contribution is -2.27. The Bertz CT molecular complexity index is 1160. The lowest BCUT2D eigenvalue weighted by Gasteiger charge is -2.33. The molecule has 5 nitrogen and oxygen atoms in total. The number of nitrogens with zero attached hydrogens (tertiary/aromatic N) is 2. The first-order valence-corrected chi connectivity index (χ1v) is 12.5. The molecule has 164 valence electrons. The van der Waals surface area contributed by atoms with E-state index in [9.17, 15) is 9.59 Å². The van der Waals surface area contributed by atoms with Crippen molar-refractivity contribution in [3.05, 3.63) is 51.1 Å². The van der Waals surface area contributed by atoms with E-state index < -0.39 is 0 Å². The average Bonchev–Trinajstić information content (AvgIpc) is 3.10. The molecule has 4 rings (SSSR count). The topological polar surface area (TPSA) is 61.2 Å². The van der Waals surface area contributed by atoms with E-state index in [1.807, 2.05) is 30.3 Å². The second-order valence-corrected chi connectivity index (χ2v) is 11.0. The largest absolute Gasteiger partial charge is 0.465 e. The van der Waals surface area contributed by atoms with Crippen LogP contribution in [0.3, 0.4) is 0 Å². The number of ether oxygens (including phenoxy) is 1. The number of para-hydroxylation sites is 1. The Morgan fingerprint density at radius 2 is 2.03 bits per heavy atom. The minimum Gasteiger partial charge on any atom is -0.465 e. The lowest BCUT2D eigenvalue weighted by atomic mass is 9.72. The normalized spacial score (nSPS) is 16.3. The molecule has 0 N–H and O–H groups in total. The van der Waals surface area contributed by atoms with Crippen molar-refractivity contribution in [1.82, 2.24) is 9.55 Å². The summed E-state index contributed by atoms with van der Waals surface area (Å²) < 4.78 is 6.71. The molecule has 0 bridgehead atoms. The number of thiophene rings is 1. The molecule has 2 heterocycles. The van der Waals surface area contributed by atoms with Gasteiger partial charge in [-0.3, -0.25) is 14.2 Å². The predicted molar refractivity (Wildman–Crippen MR) is 128 cm³/mol. The van der Waals surface area contributed by atoms with Crippen molar-refractivity contribution in [2.45, 2.75) is 52.1 Å². The number of esters is 1. The SMILES string of the molecule is CCOC(=O)CSc1nc2sc3c(c2c(=O)n1-c1ccccc1)CCC(C(C)(C)C)C3. The van der Waals surface area contributed by atoms with Gasteiger partial charge in [0, 0.05) is 4.88 Å². The fourth-order valence-corrected chi connectivity index (χ4v) is 6.32. The predicted octanol–water partition coefficient (Wildman–Crippen LogP) is 5.25. The first-order chi connectivity index (χ1) is 14.8. The molecule has 0 fully saturated rings. The van der Waals surface area contributed by atoms with Gasteiger partial charge in [0.1, 0.15) is 4.83 Å². The second-order valence-electron chi connectivity index (χ2n) is 8.95. The number of aryl methyl sites for hydroxylation is 1. The third kappa shape index (κ3) is 4.44. The van der Waals surface area contributed by atoms with Crippen LogP contribution in [0.25, 0.3) is 15.9 Å². The van der Waals surface area contributed by atoms with Crippen molar-refractivity contribution < 1.29 is 9.53 Å². The smallest absolute Gasteiger partial charge is 0.316 e. The number of carbonyl (C=O) groups excluding carboxylic acids is 1. The summed E-state index contributed by atoms with van der Waals surface area (Å²) in [5, 5.41) is 1.28. The van der Waals surface area contributed by atoms with Crippen molar-refractivity contribution in [3.63, 3.8) is 0 Å². The molecule has 3 aromatic rings. The average molecular weight is 457 g/mol. The van der Waals surface area contributed by atoms with Crippen molar-refractivity contribution in [2.24, 2.45) is 11.3 Å². The number of carbonyl (C=O) groups is 1. The standard InChI is InChI=1S/C24H28N2O3S2/c1-5-29-19(27)14-30-23-25-21-20(22(28)26(23)16-9-7-6-8-10-16)17-12-11-15(24(2,3)4)13-18(17)31-21/h6-10,15H,5,11-14H2,1-4H3. The Hall–Kier alpha value is -2.12. The van der Waals surface area contributed by atoms with Gasteiger partial charge >= 0.3 is 5.97 Å². The highest BCUT2D eigenvalue weighted by atomic mass is 32.2. The van der Waals surface area contributed by atoms with Gasteiger partial charge < -0.3 is 4.74 Å². The number of aromatic nitrogens is 2. The van der Waals surface area contributed by atoms with Gasteiger partial charge in [0.15, 0.2) is 5.16 Å². The zero-order valence-corrected chi connectivity index (χ0v) is 20.1. The number of hydrogen-bond acceptors (Lipinski definition) is 6. The summed E-state index contributed by atoms with van der Waals surface area (Å²) in [5.41, 5.74) is 2.13. The Morgan fingerprint density at radius 1 is 1.29 bits per heavy atom. The third-order valence-corrected chi connectivity index (χ3v) is 7.98. The van der Waals surface area contributed by atoms with Crippen LogP contribution in [0.5, 0.6) is 0 Å². The molecule has 1 aromatic carbocycles. The zero-order chi connectivity index (χ0) is 22.2. The van der Waals surface area contributed by atoms with Crippen LogP contribution < -0.4 is 5.56 Å². The summed E-state index contributed by atoms with van der Waals surface area (Å²) >= 11 is 2.90. The number of benzene rings is 1. The second kappa shape index (κ2) is 8.79. The van der Waals surface area contributed by atoms with Gasteiger partial charge in [-0.2, -0.15) is 0 Å². The molecule has 1 aliphatic rings. The summed E-state index contributed by atoms with van der Waals surface area (Å²) in [6.07, 6.45) is 3.00. The Balaban J connectivity index is 1.83. The molecule has 1 unspecified atom stereocenters. The molecular weight excluding hydrogens is 428 g/mol. The highest BCUT2D eigenvalue weighted by Crippen LogP contribution is 2.42. The van der Waals surface area contributed by atoms with Crippen LogP contribution >= 0.6 is 23.1 Å². The third-order valence-electron chi connectivity index (χ3n) is 5.92. The molecule has 7 heteroatoms. The van der Waals surface area contributed by atoms with Gasteiger partial charge in [-0.05, 0) is 55.2 Å². The highest BCUT2D eigenvalue weighted by Gasteiger charge is 2.32. The highest BCUT2D eigenvalue weighted by molar-refractivity contribution is 7.99. The summed E-state index contributed by atoms with van der Waals surface area (Å²) in [6, 6.07) is 9.53. The van der Waals surface area contributed by atoms with Crippen LogP contribution in [0, 0.1) is 11.3 Å². The molecule has 0 radical (unpaired) electrons. The lowest BCUT2D eigenvalue weighted by molar-refractivity contribution is -0.139. The van der Waals surface area contributed by atoms with Crippen LogP contribution in [0.4, 0.5) is 0 Å². The minimum atomic E-state index is -0.306. The van der Waals surface area contributed by atoms with Gasteiger partial charge in [-0.15, -0.1) is 11.3 Å². The first kappa shape index (κ1) is 22.1. The maximum atomic E-state index is 13.7. The summed E-state index contributed by atoms with van der Waals surface area (Å²) in [5.74, 6) is 0.414. The van der Waals surface area contributed by atoms with E-state index in [0.717, 1.165) is 35.2 Å². The fourth-order valence-electron chi connectivity index (χ4n) is 4.17. The Kier molecular flexibility index (Phi) is 6.26. The molecular formula is C24H28N2O3S2. The van der Waals surface area contributed by atoms with Gasteiger partial charge in [0.05, 0.1) is 23.4 Å². The molecule has 0 saturated heterocycles. The van der Waals surface area contributed by atoms with Gasteiger partial charge in [-0.25, -0.2) is 4.98 Å². The maximum Gasteiger partial charge on any atom is 0.316 e. The minimum absolute atomic E-state index is 0.0470. The maximum absolute atomic E-state index is 13.7. The summed E-state index contributed by atoms with van der Waals surface area (Å²) in [6.45, 7) is 9.00. The van der Waals surface area contributed by atoms with Crippen LogP contribution in [-0.2, 0) is 22.4 Å². The van der Waals surface area contributed by atoms with E-state index >= 15 is 0 Å². The van der Waals surface area contributed by atoms with Crippen LogP contribution in [0.15, 0.2) is 40.3 Å². The quantitative estimate of drug-likeness (QED) is 0.298. The summed E-state index contributed by atoms with van der Waals surface area (Å²) in [4.78, 5) is 32.6. The van der Waals surface area contributed by atoms with Gasteiger partial charge in [0.25, 0.3) is 5.56 Å². The molecule has 2 aromatic heterocycles.